The predicted octanol–water partition coefficient (Wildman–Crippen LogP) is 1.58. The standard InChI is InChI=1S/C12H20N4O/c1-8(2)7-16(4)12-10(11(13)15-17)6-5-9(3)14-12/h5-6,8,17H,7H2,1-4H3,(H2,13,15). The summed E-state index contributed by atoms with van der Waals surface area (Å²) in [6.07, 6.45) is 0. The van der Waals surface area contributed by atoms with E-state index in [1.54, 1.807) is 0 Å². The first-order valence-corrected chi connectivity index (χ1v) is 5.62. The van der Waals surface area contributed by atoms with Crippen molar-refractivity contribution >= 4 is 11.7 Å². The molecule has 0 unspecified atom stereocenters. The summed E-state index contributed by atoms with van der Waals surface area (Å²) < 4.78 is 0. The Bertz CT molecular complexity index is 415. The zero-order valence-electron chi connectivity index (χ0n) is 10.8. The summed E-state index contributed by atoms with van der Waals surface area (Å²) in [5.74, 6) is 1.35. The van der Waals surface area contributed by atoms with Crippen LogP contribution < -0.4 is 10.6 Å². The van der Waals surface area contributed by atoms with Crippen LogP contribution in [0.3, 0.4) is 0 Å². The molecular weight excluding hydrogens is 216 g/mol. The van der Waals surface area contributed by atoms with Gasteiger partial charge in [0, 0.05) is 19.3 Å². The lowest BCUT2D eigenvalue weighted by molar-refractivity contribution is 0.318. The second-order valence-corrected chi connectivity index (χ2v) is 4.58. The third-order valence-corrected chi connectivity index (χ3v) is 2.40. The molecule has 17 heavy (non-hydrogen) atoms. The van der Waals surface area contributed by atoms with Crippen molar-refractivity contribution in [3.05, 3.63) is 23.4 Å². The molecule has 0 amide bonds. The highest BCUT2D eigenvalue weighted by atomic mass is 16.4. The van der Waals surface area contributed by atoms with Gasteiger partial charge in [0.1, 0.15) is 5.82 Å². The van der Waals surface area contributed by atoms with Gasteiger partial charge >= 0.3 is 0 Å². The minimum Gasteiger partial charge on any atom is -0.409 e. The van der Waals surface area contributed by atoms with Crippen molar-refractivity contribution in [2.24, 2.45) is 16.8 Å². The molecule has 0 fully saturated rings. The molecule has 1 heterocycles. The molecule has 0 aromatic carbocycles. The molecule has 0 aliphatic rings. The highest BCUT2D eigenvalue weighted by Crippen LogP contribution is 2.18. The van der Waals surface area contributed by atoms with E-state index < -0.39 is 0 Å². The summed E-state index contributed by atoms with van der Waals surface area (Å²) in [6, 6.07) is 3.67. The topological polar surface area (TPSA) is 74.7 Å². The molecule has 0 saturated carbocycles. The van der Waals surface area contributed by atoms with Gasteiger partial charge in [-0.1, -0.05) is 19.0 Å². The molecule has 0 aliphatic heterocycles. The first kappa shape index (κ1) is 13.3. The summed E-state index contributed by atoms with van der Waals surface area (Å²) in [7, 11) is 1.95. The maximum absolute atomic E-state index is 8.76. The van der Waals surface area contributed by atoms with Crippen LogP contribution in [0.4, 0.5) is 5.82 Å². The third kappa shape index (κ3) is 3.34. The zero-order valence-corrected chi connectivity index (χ0v) is 10.8. The first-order valence-electron chi connectivity index (χ1n) is 5.62. The predicted molar refractivity (Wildman–Crippen MR) is 69.6 cm³/mol. The Morgan fingerprint density at radius 2 is 2.18 bits per heavy atom. The average molecular weight is 236 g/mol. The van der Waals surface area contributed by atoms with Crippen LogP contribution in [-0.2, 0) is 0 Å². The number of nitrogens with zero attached hydrogens (tertiary/aromatic N) is 3. The maximum Gasteiger partial charge on any atom is 0.173 e. The Labute approximate surface area is 102 Å². The Balaban J connectivity index is 3.15. The molecule has 1 rings (SSSR count). The number of pyridine rings is 1. The van der Waals surface area contributed by atoms with Gasteiger partial charge in [0.15, 0.2) is 5.84 Å². The number of amidine groups is 1. The number of aryl methyl sites for hydroxylation is 1. The smallest absolute Gasteiger partial charge is 0.173 e. The highest BCUT2D eigenvalue weighted by molar-refractivity contribution is 6.01. The number of hydrogen-bond donors (Lipinski definition) is 2. The number of oxime groups is 1. The molecule has 1 aromatic rings. The highest BCUT2D eigenvalue weighted by Gasteiger charge is 2.13. The van der Waals surface area contributed by atoms with E-state index in [2.05, 4.69) is 24.0 Å². The minimum atomic E-state index is 0.0862. The van der Waals surface area contributed by atoms with Crippen molar-refractivity contribution in [3.8, 4) is 0 Å². The summed E-state index contributed by atoms with van der Waals surface area (Å²) in [5, 5.41) is 11.8. The van der Waals surface area contributed by atoms with Crippen LogP contribution in [0, 0.1) is 12.8 Å². The van der Waals surface area contributed by atoms with Crippen LogP contribution in [0.15, 0.2) is 17.3 Å². The van der Waals surface area contributed by atoms with Gasteiger partial charge in [-0.25, -0.2) is 4.98 Å². The van der Waals surface area contributed by atoms with Gasteiger partial charge in [-0.15, -0.1) is 0 Å². The number of aromatic nitrogens is 1. The molecule has 3 N–H and O–H groups in total. The lowest BCUT2D eigenvalue weighted by atomic mass is 10.1. The largest absolute Gasteiger partial charge is 0.409 e. The molecule has 5 nitrogen and oxygen atoms in total. The fraction of sp³-hybridized carbons (Fsp3) is 0.500. The van der Waals surface area contributed by atoms with E-state index in [1.807, 2.05) is 31.0 Å². The monoisotopic (exact) mass is 236 g/mol. The third-order valence-electron chi connectivity index (χ3n) is 2.40. The molecule has 0 atom stereocenters. The van der Waals surface area contributed by atoms with Crippen molar-refractivity contribution in [2.75, 3.05) is 18.5 Å². The second kappa shape index (κ2) is 5.52. The van der Waals surface area contributed by atoms with Crippen molar-refractivity contribution in [2.45, 2.75) is 20.8 Å². The number of nitrogens with two attached hydrogens (primary N) is 1. The molecule has 0 spiro atoms. The normalized spacial score (nSPS) is 11.9. The van der Waals surface area contributed by atoms with E-state index in [4.69, 9.17) is 10.9 Å². The fourth-order valence-electron chi connectivity index (χ4n) is 1.72. The summed E-state index contributed by atoms with van der Waals surface area (Å²) in [6.45, 7) is 7.05. The van der Waals surface area contributed by atoms with Crippen LogP contribution >= 0.6 is 0 Å². The minimum absolute atomic E-state index is 0.0862. The van der Waals surface area contributed by atoms with Crippen molar-refractivity contribution < 1.29 is 5.21 Å². The molecule has 0 radical (unpaired) electrons. The Morgan fingerprint density at radius 1 is 1.53 bits per heavy atom. The van der Waals surface area contributed by atoms with E-state index in [1.165, 1.54) is 0 Å². The molecule has 94 valence electrons. The number of anilines is 1. The van der Waals surface area contributed by atoms with E-state index >= 15 is 0 Å². The summed E-state index contributed by atoms with van der Waals surface area (Å²) in [5.41, 5.74) is 7.21. The first-order chi connectivity index (χ1) is 7.95. The molecule has 1 aromatic heterocycles. The Morgan fingerprint density at radius 3 is 2.71 bits per heavy atom. The van der Waals surface area contributed by atoms with Gasteiger partial charge in [-0.3, -0.25) is 0 Å². The lowest BCUT2D eigenvalue weighted by Crippen LogP contribution is -2.27. The van der Waals surface area contributed by atoms with E-state index in [0.717, 1.165) is 18.1 Å². The van der Waals surface area contributed by atoms with Crippen LogP contribution in [0.2, 0.25) is 0 Å². The fourth-order valence-corrected chi connectivity index (χ4v) is 1.72. The molecule has 0 saturated heterocycles. The van der Waals surface area contributed by atoms with Crippen LogP contribution in [0.1, 0.15) is 25.1 Å². The van der Waals surface area contributed by atoms with E-state index in [9.17, 15) is 0 Å². The SMILES string of the molecule is Cc1ccc(C(N)=NO)c(N(C)CC(C)C)n1. The Hall–Kier alpha value is -1.78. The zero-order chi connectivity index (χ0) is 13.0. The van der Waals surface area contributed by atoms with Gasteiger partial charge < -0.3 is 15.8 Å². The maximum atomic E-state index is 8.76. The molecular formula is C12H20N4O. The van der Waals surface area contributed by atoms with Crippen LogP contribution in [0.5, 0.6) is 0 Å². The van der Waals surface area contributed by atoms with Crippen molar-refractivity contribution in [1.82, 2.24) is 4.98 Å². The quantitative estimate of drug-likeness (QED) is 0.360. The van der Waals surface area contributed by atoms with Gasteiger partial charge in [0.2, 0.25) is 0 Å². The molecule has 0 bridgehead atoms. The van der Waals surface area contributed by atoms with Gasteiger partial charge in [-0.2, -0.15) is 0 Å². The van der Waals surface area contributed by atoms with Gasteiger partial charge in [0.25, 0.3) is 0 Å². The van der Waals surface area contributed by atoms with Crippen LogP contribution in [-0.4, -0.2) is 29.6 Å². The van der Waals surface area contributed by atoms with E-state index in [0.29, 0.717) is 11.5 Å². The van der Waals surface area contributed by atoms with Crippen LogP contribution in [0.25, 0.3) is 0 Å². The lowest BCUT2D eigenvalue weighted by Gasteiger charge is -2.23. The molecule has 5 heteroatoms. The van der Waals surface area contributed by atoms with Crippen molar-refractivity contribution in [3.63, 3.8) is 0 Å². The number of hydrogen-bond acceptors (Lipinski definition) is 4. The van der Waals surface area contributed by atoms with Crippen molar-refractivity contribution in [1.29, 1.82) is 0 Å². The molecule has 0 aliphatic carbocycles. The summed E-state index contributed by atoms with van der Waals surface area (Å²) >= 11 is 0. The number of rotatable bonds is 4. The second-order valence-electron chi connectivity index (χ2n) is 4.58. The van der Waals surface area contributed by atoms with Gasteiger partial charge in [-0.05, 0) is 25.0 Å². The Kier molecular flexibility index (Phi) is 4.31. The average Bonchev–Trinajstić information content (AvgIpc) is 2.27. The van der Waals surface area contributed by atoms with E-state index in [-0.39, 0.29) is 5.84 Å². The summed E-state index contributed by atoms with van der Waals surface area (Å²) in [4.78, 5) is 6.47. The van der Waals surface area contributed by atoms with Gasteiger partial charge in [0.05, 0.1) is 5.56 Å².